The first-order chi connectivity index (χ1) is 28.8. The quantitative estimate of drug-likeness (QED) is 0.167. The van der Waals surface area contributed by atoms with Crippen LogP contribution in [0.4, 0.5) is 0 Å². The molecule has 0 aliphatic carbocycles. The van der Waals surface area contributed by atoms with Gasteiger partial charge < -0.3 is 9.13 Å². The van der Waals surface area contributed by atoms with Crippen LogP contribution in [0.2, 0.25) is 0 Å². The predicted molar refractivity (Wildman–Crippen MR) is 242 cm³/mol. The molecule has 2 heterocycles. The molecule has 0 amide bonds. The van der Waals surface area contributed by atoms with Crippen molar-refractivity contribution in [2.24, 2.45) is 0 Å². The highest BCUT2D eigenvalue weighted by molar-refractivity contribution is 6.11. The number of aromatic nitrogens is 2. The number of rotatable bonds is 6. The minimum atomic E-state index is 0.660. The molecule has 0 aliphatic rings. The third-order valence-corrected chi connectivity index (χ3v) is 11.6. The number of hydrogen-bond donors (Lipinski definition) is 0. The first kappa shape index (κ1) is 33.4. The topological polar surface area (TPSA) is 33.6 Å². The number of nitrogens with zero attached hydrogens (tertiary/aromatic N) is 3. The number of hydrogen-bond acceptors (Lipinski definition) is 1. The number of benzene rings is 9. The molecular formula is C55H35N3. The molecule has 2 aromatic heterocycles. The molecule has 0 saturated carbocycles. The molecule has 0 spiro atoms. The monoisotopic (exact) mass is 737 g/mol. The summed E-state index contributed by atoms with van der Waals surface area (Å²) in [4.78, 5) is 0. The Balaban J connectivity index is 1.20. The maximum Gasteiger partial charge on any atom is 0.0998 e. The predicted octanol–water partition coefficient (Wildman–Crippen LogP) is 14.4. The lowest BCUT2D eigenvalue weighted by Crippen LogP contribution is -2.00. The summed E-state index contributed by atoms with van der Waals surface area (Å²) in [7, 11) is 0. The van der Waals surface area contributed by atoms with Crippen molar-refractivity contribution in [1.82, 2.24) is 9.13 Å². The second-order valence-electron chi connectivity index (χ2n) is 14.8. The lowest BCUT2D eigenvalue weighted by Gasteiger charge is -2.19. The average Bonchev–Trinajstić information content (AvgIpc) is 3.82. The van der Waals surface area contributed by atoms with Gasteiger partial charge in [0.2, 0.25) is 0 Å². The van der Waals surface area contributed by atoms with Crippen molar-refractivity contribution in [2.75, 3.05) is 0 Å². The van der Waals surface area contributed by atoms with Gasteiger partial charge in [0.15, 0.2) is 0 Å². The second-order valence-corrected chi connectivity index (χ2v) is 14.8. The summed E-state index contributed by atoms with van der Waals surface area (Å²) in [5.41, 5.74) is 16.2. The summed E-state index contributed by atoms with van der Waals surface area (Å²) >= 11 is 0. The van der Waals surface area contributed by atoms with Gasteiger partial charge in [0, 0.05) is 38.5 Å². The lowest BCUT2D eigenvalue weighted by atomic mass is 9.86. The molecule has 58 heavy (non-hydrogen) atoms. The van der Waals surface area contributed by atoms with Gasteiger partial charge in [0.1, 0.15) is 0 Å². The van der Waals surface area contributed by atoms with E-state index in [9.17, 15) is 5.26 Å². The molecule has 3 nitrogen and oxygen atoms in total. The summed E-state index contributed by atoms with van der Waals surface area (Å²) in [6, 6.07) is 78.1. The normalized spacial score (nSPS) is 11.4. The number of para-hydroxylation sites is 4. The zero-order chi connectivity index (χ0) is 38.6. The van der Waals surface area contributed by atoms with E-state index in [2.05, 4.69) is 203 Å². The van der Waals surface area contributed by atoms with Crippen molar-refractivity contribution >= 4 is 43.6 Å². The summed E-state index contributed by atoms with van der Waals surface area (Å²) in [5, 5.41) is 15.0. The zero-order valence-corrected chi connectivity index (χ0v) is 31.5. The van der Waals surface area contributed by atoms with Crippen LogP contribution in [0.5, 0.6) is 0 Å². The Morgan fingerprint density at radius 3 is 0.983 bits per heavy atom. The van der Waals surface area contributed by atoms with Crippen molar-refractivity contribution in [1.29, 1.82) is 5.26 Å². The van der Waals surface area contributed by atoms with E-state index >= 15 is 0 Å². The molecule has 11 aromatic rings. The van der Waals surface area contributed by atoms with E-state index in [1.807, 2.05) is 24.3 Å². The molecule has 0 N–H and O–H groups in total. The Labute approximate surface area is 336 Å². The third-order valence-electron chi connectivity index (χ3n) is 11.6. The fourth-order valence-electron chi connectivity index (χ4n) is 9.10. The van der Waals surface area contributed by atoms with Gasteiger partial charge in [-0.15, -0.1) is 0 Å². The zero-order valence-electron chi connectivity index (χ0n) is 31.5. The van der Waals surface area contributed by atoms with Crippen LogP contribution in [-0.2, 0) is 0 Å². The van der Waals surface area contributed by atoms with Crippen LogP contribution in [0.15, 0.2) is 212 Å². The maximum absolute atomic E-state index is 10.1. The van der Waals surface area contributed by atoms with Crippen molar-refractivity contribution in [3.05, 3.63) is 218 Å². The molecule has 0 aliphatic heterocycles. The molecular weight excluding hydrogens is 703 g/mol. The largest absolute Gasteiger partial charge is 0.309 e. The summed E-state index contributed by atoms with van der Waals surface area (Å²) in [5.74, 6) is 0. The maximum atomic E-state index is 10.1. The van der Waals surface area contributed by atoms with Crippen LogP contribution in [0, 0.1) is 11.3 Å². The molecule has 3 heteroatoms. The van der Waals surface area contributed by atoms with Crippen LogP contribution in [0.25, 0.3) is 99.5 Å². The van der Waals surface area contributed by atoms with E-state index in [-0.39, 0.29) is 0 Å². The Hall–Kier alpha value is -7.93. The first-order valence-electron chi connectivity index (χ1n) is 19.7. The molecule has 0 saturated heterocycles. The molecule has 9 aromatic carbocycles. The first-order valence-corrected chi connectivity index (χ1v) is 19.7. The minimum Gasteiger partial charge on any atom is -0.309 e. The molecule has 0 atom stereocenters. The second kappa shape index (κ2) is 13.7. The van der Waals surface area contributed by atoms with E-state index in [4.69, 9.17) is 0 Å². The van der Waals surface area contributed by atoms with E-state index in [1.165, 1.54) is 43.6 Å². The molecule has 11 rings (SSSR count). The van der Waals surface area contributed by atoms with Gasteiger partial charge in [0.25, 0.3) is 0 Å². The molecule has 270 valence electrons. The highest BCUT2D eigenvalue weighted by Gasteiger charge is 2.20. The lowest BCUT2D eigenvalue weighted by molar-refractivity contribution is 1.13. The summed E-state index contributed by atoms with van der Waals surface area (Å²) in [6.45, 7) is 0. The Kier molecular flexibility index (Phi) is 7.88. The summed E-state index contributed by atoms with van der Waals surface area (Å²) < 4.78 is 4.84. The SMILES string of the molecule is N#Cc1ccccc1-c1ccccc1-c1ccccc1-c1ccccc1-c1cc(-n2c3ccccc3c3ccccc32)cc(-n2c3ccccc3c3ccccc32)c1. The van der Waals surface area contributed by atoms with E-state index < -0.39 is 0 Å². The van der Waals surface area contributed by atoms with Gasteiger partial charge >= 0.3 is 0 Å². The van der Waals surface area contributed by atoms with Crippen LogP contribution in [0.1, 0.15) is 5.56 Å². The smallest absolute Gasteiger partial charge is 0.0998 e. The van der Waals surface area contributed by atoms with E-state index in [1.54, 1.807) is 0 Å². The van der Waals surface area contributed by atoms with Crippen LogP contribution >= 0.6 is 0 Å². The molecule has 0 bridgehead atoms. The van der Waals surface area contributed by atoms with Crippen molar-refractivity contribution in [2.45, 2.75) is 0 Å². The van der Waals surface area contributed by atoms with Crippen molar-refractivity contribution in [3.8, 4) is 62.0 Å². The van der Waals surface area contributed by atoms with E-state index in [0.29, 0.717) is 5.56 Å². The van der Waals surface area contributed by atoms with Gasteiger partial charge in [-0.1, -0.05) is 164 Å². The fourth-order valence-corrected chi connectivity index (χ4v) is 9.10. The van der Waals surface area contributed by atoms with Gasteiger partial charge in [-0.05, 0) is 87.5 Å². The third kappa shape index (κ3) is 5.28. The molecule has 0 radical (unpaired) electrons. The van der Waals surface area contributed by atoms with Crippen molar-refractivity contribution in [3.63, 3.8) is 0 Å². The van der Waals surface area contributed by atoms with Crippen LogP contribution in [0.3, 0.4) is 0 Å². The molecule has 0 fully saturated rings. The van der Waals surface area contributed by atoms with Gasteiger partial charge in [0.05, 0.1) is 33.7 Å². The Morgan fingerprint density at radius 1 is 0.293 bits per heavy atom. The number of fused-ring (bicyclic) bond motifs is 6. The fraction of sp³-hybridized carbons (Fsp3) is 0. The highest BCUT2D eigenvalue weighted by atomic mass is 15.0. The highest BCUT2D eigenvalue weighted by Crippen LogP contribution is 2.44. The average molecular weight is 738 g/mol. The van der Waals surface area contributed by atoms with Gasteiger partial charge in [-0.25, -0.2) is 0 Å². The standard InChI is InChI=1S/C55H35N3/c56-36-37-17-1-2-18-41(37)43-20-5-6-22-45(43)47-24-8-7-23-46(47)44-21-4-3-19-42(44)38-33-39(57-52-29-13-9-25-48(52)49-26-10-14-30-53(49)57)35-40(34-38)58-54-31-15-11-27-50(54)51-28-12-16-32-55(51)58/h1-35H. The van der Waals surface area contributed by atoms with E-state index in [0.717, 1.165) is 55.9 Å². The van der Waals surface area contributed by atoms with Gasteiger partial charge in [-0.2, -0.15) is 5.26 Å². The number of nitriles is 1. The Bertz CT molecular complexity index is 3190. The van der Waals surface area contributed by atoms with Crippen LogP contribution < -0.4 is 0 Å². The van der Waals surface area contributed by atoms with Crippen LogP contribution in [-0.4, -0.2) is 9.13 Å². The molecule has 0 unspecified atom stereocenters. The Morgan fingerprint density at radius 2 is 0.586 bits per heavy atom. The van der Waals surface area contributed by atoms with Gasteiger partial charge in [-0.3, -0.25) is 0 Å². The van der Waals surface area contributed by atoms with Crippen molar-refractivity contribution < 1.29 is 0 Å². The minimum absolute atomic E-state index is 0.660. The summed E-state index contributed by atoms with van der Waals surface area (Å²) in [6.07, 6.45) is 0.